The molecule has 112 valence electrons. The van der Waals surface area contributed by atoms with Crippen molar-refractivity contribution < 1.29 is 8.78 Å². The number of anilines is 4. The van der Waals surface area contributed by atoms with E-state index in [0.29, 0.717) is 11.9 Å². The molecule has 1 heterocycles. The van der Waals surface area contributed by atoms with Crippen LogP contribution in [0.2, 0.25) is 5.02 Å². The SMILES string of the molecule is CNc1nc(Nc2c(F)cc(F)cc2Cl)nc(N(C)C)n1. The maximum Gasteiger partial charge on any atom is 0.233 e. The Morgan fingerprint density at radius 3 is 2.33 bits per heavy atom. The summed E-state index contributed by atoms with van der Waals surface area (Å²) in [6, 6.07) is 1.72. The van der Waals surface area contributed by atoms with Gasteiger partial charge < -0.3 is 15.5 Å². The minimum atomic E-state index is -0.835. The van der Waals surface area contributed by atoms with Gasteiger partial charge in [0, 0.05) is 27.2 Å². The van der Waals surface area contributed by atoms with Gasteiger partial charge >= 0.3 is 0 Å². The van der Waals surface area contributed by atoms with Crippen LogP contribution in [0.25, 0.3) is 0 Å². The molecule has 0 aliphatic carbocycles. The summed E-state index contributed by atoms with van der Waals surface area (Å²) in [4.78, 5) is 13.9. The van der Waals surface area contributed by atoms with E-state index in [1.54, 1.807) is 26.0 Å². The third-order valence-electron chi connectivity index (χ3n) is 2.49. The molecule has 2 rings (SSSR count). The lowest BCUT2D eigenvalue weighted by Gasteiger charge is -2.14. The van der Waals surface area contributed by atoms with Gasteiger partial charge in [0.05, 0.1) is 10.7 Å². The molecule has 2 N–H and O–H groups in total. The topological polar surface area (TPSA) is 66.0 Å². The maximum atomic E-state index is 13.8. The summed E-state index contributed by atoms with van der Waals surface area (Å²) in [5, 5.41) is 5.30. The van der Waals surface area contributed by atoms with E-state index in [1.807, 2.05) is 0 Å². The van der Waals surface area contributed by atoms with Crippen molar-refractivity contribution in [3.63, 3.8) is 0 Å². The first-order valence-electron chi connectivity index (χ1n) is 5.93. The first kappa shape index (κ1) is 15.2. The number of aromatic nitrogens is 3. The van der Waals surface area contributed by atoms with E-state index in [-0.39, 0.29) is 16.7 Å². The Balaban J connectivity index is 2.42. The molecule has 0 spiro atoms. The van der Waals surface area contributed by atoms with Gasteiger partial charge in [0.2, 0.25) is 17.8 Å². The molecule has 21 heavy (non-hydrogen) atoms. The Morgan fingerprint density at radius 2 is 1.76 bits per heavy atom. The molecular weight excluding hydrogens is 302 g/mol. The van der Waals surface area contributed by atoms with E-state index in [0.717, 1.165) is 12.1 Å². The molecule has 0 atom stereocenters. The third kappa shape index (κ3) is 3.46. The predicted octanol–water partition coefficient (Wildman–Crippen LogP) is 2.65. The summed E-state index contributed by atoms with van der Waals surface area (Å²) in [6.45, 7) is 0. The lowest BCUT2D eigenvalue weighted by Crippen LogP contribution is -2.16. The lowest BCUT2D eigenvalue weighted by atomic mass is 10.3. The van der Waals surface area contributed by atoms with Gasteiger partial charge in [-0.25, -0.2) is 8.78 Å². The highest BCUT2D eigenvalue weighted by Gasteiger charge is 2.13. The van der Waals surface area contributed by atoms with Crippen LogP contribution in [-0.4, -0.2) is 36.1 Å². The van der Waals surface area contributed by atoms with Crippen LogP contribution in [-0.2, 0) is 0 Å². The Labute approximate surface area is 125 Å². The Morgan fingerprint density at radius 1 is 1.10 bits per heavy atom. The van der Waals surface area contributed by atoms with Crippen LogP contribution in [0.15, 0.2) is 12.1 Å². The van der Waals surface area contributed by atoms with Crippen molar-refractivity contribution in [2.75, 3.05) is 36.7 Å². The fraction of sp³-hybridized carbons (Fsp3) is 0.250. The molecule has 2 aromatic rings. The maximum absolute atomic E-state index is 13.8. The first-order chi connectivity index (χ1) is 9.90. The zero-order chi connectivity index (χ0) is 15.6. The molecule has 0 saturated heterocycles. The predicted molar refractivity (Wildman–Crippen MR) is 78.4 cm³/mol. The highest BCUT2D eigenvalue weighted by atomic mass is 35.5. The van der Waals surface area contributed by atoms with E-state index in [9.17, 15) is 8.78 Å². The summed E-state index contributed by atoms with van der Waals surface area (Å²) >= 11 is 5.82. The zero-order valence-electron chi connectivity index (χ0n) is 11.6. The van der Waals surface area contributed by atoms with Crippen molar-refractivity contribution in [1.29, 1.82) is 0 Å². The Kier molecular flexibility index (Phi) is 4.37. The fourth-order valence-corrected chi connectivity index (χ4v) is 1.75. The van der Waals surface area contributed by atoms with Crippen molar-refractivity contribution in [3.8, 4) is 0 Å². The van der Waals surface area contributed by atoms with Crippen LogP contribution in [0.3, 0.4) is 0 Å². The normalized spacial score (nSPS) is 10.4. The molecule has 0 amide bonds. The van der Waals surface area contributed by atoms with Gasteiger partial charge in [-0.15, -0.1) is 0 Å². The molecule has 1 aromatic carbocycles. The van der Waals surface area contributed by atoms with Crippen molar-refractivity contribution >= 4 is 35.1 Å². The third-order valence-corrected chi connectivity index (χ3v) is 2.79. The number of benzene rings is 1. The molecule has 0 unspecified atom stereocenters. The van der Waals surface area contributed by atoms with Gasteiger partial charge in [-0.2, -0.15) is 15.0 Å². The van der Waals surface area contributed by atoms with Crippen molar-refractivity contribution in [1.82, 2.24) is 15.0 Å². The highest BCUT2D eigenvalue weighted by Crippen LogP contribution is 2.28. The van der Waals surface area contributed by atoms with Crippen molar-refractivity contribution in [2.45, 2.75) is 0 Å². The fourth-order valence-electron chi connectivity index (χ4n) is 1.51. The molecule has 0 aliphatic rings. The summed E-state index contributed by atoms with van der Waals surface area (Å²) in [6.07, 6.45) is 0. The molecule has 6 nitrogen and oxygen atoms in total. The number of hydrogen-bond acceptors (Lipinski definition) is 6. The molecule has 0 fully saturated rings. The number of nitrogens with one attached hydrogen (secondary N) is 2. The van der Waals surface area contributed by atoms with Gasteiger partial charge in [0.25, 0.3) is 0 Å². The van der Waals surface area contributed by atoms with E-state index in [2.05, 4.69) is 25.6 Å². The zero-order valence-corrected chi connectivity index (χ0v) is 12.3. The minimum absolute atomic E-state index is 0.0884. The second-order valence-electron chi connectivity index (χ2n) is 4.30. The summed E-state index contributed by atoms with van der Waals surface area (Å²) in [5.41, 5.74) is -0.101. The van der Waals surface area contributed by atoms with Crippen LogP contribution in [0, 0.1) is 11.6 Å². The van der Waals surface area contributed by atoms with Crippen LogP contribution in [0.1, 0.15) is 0 Å². The average Bonchev–Trinajstić information content (AvgIpc) is 2.42. The molecule has 0 radical (unpaired) electrons. The highest BCUT2D eigenvalue weighted by molar-refractivity contribution is 6.33. The van der Waals surface area contributed by atoms with Gasteiger partial charge in [0.1, 0.15) is 5.82 Å². The Bertz CT molecular complexity index is 641. The molecule has 0 aliphatic heterocycles. The number of nitrogens with zero attached hydrogens (tertiary/aromatic N) is 4. The molecular formula is C12H13ClF2N6. The number of rotatable bonds is 4. The lowest BCUT2D eigenvalue weighted by molar-refractivity contribution is 0.586. The first-order valence-corrected chi connectivity index (χ1v) is 6.31. The van der Waals surface area contributed by atoms with Gasteiger partial charge in [0.15, 0.2) is 5.82 Å². The quantitative estimate of drug-likeness (QED) is 0.904. The molecule has 1 aromatic heterocycles. The standard InChI is InChI=1S/C12H13ClF2N6/c1-16-10-18-11(20-12(19-10)21(2)3)17-9-7(13)4-6(14)5-8(9)15/h4-5H,1-3H3,(H2,16,17,18,19,20). The monoisotopic (exact) mass is 314 g/mol. The molecule has 0 saturated carbocycles. The smallest absolute Gasteiger partial charge is 0.233 e. The van der Waals surface area contributed by atoms with E-state index >= 15 is 0 Å². The second-order valence-corrected chi connectivity index (χ2v) is 4.70. The van der Waals surface area contributed by atoms with E-state index in [1.165, 1.54) is 0 Å². The van der Waals surface area contributed by atoms with Gasteiger partial charge in [-0.3, -0.25) is 0 Å². The van der Waals surface area contributed by atoms with Crippen molar-refractivity contribution in [3.05, 3.63) is 28.8 Å². The van der Waals surface area contributed by atoms with Gasteiger partial charge in [-0.05, 0) is 6.07 Å². The van der Waals surface area contributed by atoms with Crippen molar-refractivity contribution in [2.24, 2.45) is 0 Å². The van der Waals surface area contributed by atoms with Crippen LogP contribution in [0.5, 0.6) is 0 Å². The van der Waals surface area contributed by atoms with Gasteiger partial charge in [-0.1, -0.05) is 11.6 Å². The second kappa shape index (κ2) is 6.04. The minimum Gasteiger partial charge on any atom is -0.357 e. The van der Waals surface area contributed by atoms with E-state index in [4.69, 9.17) is 11.6 Å². The van der Waals surface area contributed by atoms with Crippen LogP contribution >= 0.6 is 11.6 Å². The molecule has 9 heteroatoms. The molecule has 0 bridgehead atoms. The average molecular weight is 315 g/mol. The summed E-state index contributed by atoms with van der Waals surface area (Å²) in [7, 11) is 5.15. The summed E-state index contributed by atoms with van der Waals surface area (Å²) < 4.78 is 26.8. The largest absolute Gasteiger partial charge is 0.357 e. The number of hydrogen-bond donors (Lipinski definition) is 2. The van der Waals surface area contributed by atoms with E-state index < -0.39 is 11.6 Å². The summed E-state index contributed by atoms with van der Waals surface area (Å²) in [5.74, 6) is -0.836. The van der Waals surface area contributed by atoms with Crippen LogP contribution < -0.4 is 15.5 Å². The van der Waals surface area contributed by atoms with Crippen LogP contribution in [0.4, 0.5) is 32.3 Å². The number of halogens is 3. The Hall–Kier alpha value is -2.22.